The van der Waals surface area contributed by atoms with Gasteiger partial charge < -0.3 is 278 Å². The van der Waals surface area contributed by atoms with Crippen LogP contribution in [-0.2, 0) is 91.2 Å². The molecule has 0 saturated heterocycles. The van der Waals surface area contributed by atoms with E-state index in [1.54, 1.807) is 0 Å². The van der Waals surface area contributed by atoms with Crippen molar-refractivity contribution >= 4 is 538 Å². The monoisotopic (exact) mass is 2840 g/mol. The highest BCUT2D eigenvalue weighted by molar-refractivity contribution is 8.35. The Kier molecular flexibility index (Phi) is 68.2. The van der Waals surface area contributed by atoms with Crippen molar-refractivity contribution in [2.24, 2.45) is 0 Å². The molecule has 0 aromatic carbocycles. The Morgan fingerprint density at radius 3 is 0.597 bits per heavy atom. The van der Waals surface area contributed by atoms with E-state index >= 15 is 4.46 Å². The van der Waals surface area contributed by atoms with Gasteiger partial charge in [-0.05, 0) is 32.7 Å². The lowest BCUT2D eigenvalue weighted by Gasteiger charge is -2.76. The first-order valence-electron chi connectivity index (χ1n) is 30.5. The summed E-state index contributed by atoms with van der Waals surface area (Å²) in [4.78, 5) is 513. The van der Waals surface area contributed by atoms with Crippen molar-refractivity contribution in [1.29, 1.82) is 0 Å². The minimum absolute atomic E-state index is 0.539. The van der Waals surface area contributed by atoms with E-state index in [4.69, 9.17) is 86.7 Å². The lowest BCUT2D eigenvalue weighted by Crippen LogP contribution is -3.21. The highest BCUT2D eigenvalue weighted by Gasteiger charge is 3.09. The molecule has 0 bridgehead atoms. The van der Waals surface area contributed by atoms with Crippen molar-refractivity contribution in [3.8, 4) is 0 Å². The predicted octanol–water partition coefficient (Wildman–Crippen LogP) is -43.8. The summed E-state index contributed by atoms with van der Waals surface area (Å²) in [6.45, 7) is -104. The Hall–Kier alpha value is 10.8. The van der Waals surface area contributed by atoms with Crippen LogP contribution in [0, 0.1) is 0 Å². The Morgan fingerprint density at radius 1 is 0.217 bits per heavy atom. The molecule has 0 aromatic heterocycles. The molecular formula is C6H57O61Si62. The van der Waals surface area contributed by atoms with Crippen LogP contribution in [0.4, 0.5) is 0 Å². The third-order valence-electron chi connectivity index (χ3n) is 16.8. The summed E-state index contributed by atoms with van der Waals surface area (Å²) in [7, 11) is -176. The van der Waals surface area contributed by atoms with Crippen LogP contribution in [-0.4, -0.2) is 732 Å². The summed E-state index contributed by atoms with van der Waals surface area (Å²) in [5, 5.41) is 0. The lowest BCUT2D eigenvalue weighted by molar-refractivity contribution is 0.307. The summed E-state index contributed by atoms with van der Waals surface area (Å²) < 4.78 is 164. The molecule has 3 unspecified atom stereocenters. The molecule has 61 nitrogen and oxygen atoms in total. The van der Waals surface area contributed by atoms with E-state index in [1.165, 1.54) is 0 Å². The first-order chi connectivity index (χ1) is 60.8. The van der Waals surface area contributed by atoms with Crippen LogP contribution in [0.5, 0.6) is 0 Å². The van der Waals surface area contributed by atoms with Gasteiger partial charge in [-0.15, -0.1) is 0 Å². The number of hydrogen-bond acceptors (Lipinski definition) is 61. The summed E-state index contributed by atoms with van der Waals surface area (Å²) in [5.74, 6) is 0. The van der Waals surface area contributed by atoms with Crippen LogP contribution in [0.25, 0.3) is 0 Å². The molecule has 39 N–H and O–H groups in total. The summed E-state index contributed by atoms with van der Waals surface area (Å²) in [5.41, 5.74) is 0. The van der Waals surface area contributed by atoms with Crippen LogP contribution in [0.2, 0.25) is 32.7 Å². The molecule has 0 heterocycles. The van der Waals surface area contributed by atoms with Gasteiger partial charge in [-0.2, -0.15) is 0 Å². The maximum Gasteiger partial charge on any atom is 0.420 e. The number of rotatable bonds is 81. The third-order valence-corrected chi connectivity index (χ3v) is 500. The van der Waals surface area contributed by atoms with Gasteiger partial charge in [-0.25, -0.2) is 0 Å². The molecule has 0 aliphatic carbocycles. The van der Waals surface area contributed by atoms with Gasteiger partial charge in [0.2, 0.25) is 235 Å². The molecule has 0 amide bonds. The number of hydrogen-bond donors (Lipinski definition) is 39. The topological polar surface area (TPSA) is 1000 Å². The van der Waals surface area contributed by atoms with E-state index in [2.05, 4.69) is 9.76 Å². The van der Waals surface area contributed by atoms with E-state index < -0.39 is 528 Å². The van der Waals surface area contributed by atoms with Gasteiger partial charge in [-0.3, -0.25) is 0 Å². The van der Waals surface area contributed by atoms with Crippen molar-refractivity contribution in [2.75, 3.05) is 7.11 Å². The van der Waals surface area contributed by atoms with Gasteiger partial charge in [0.1, 0.15) is 0 Å². The minimum atomic E-state index is -10.4. The van der Waals surface area contributed by atoms with Crippen LogP contribution in [0.1, 0.15) is 0 Å². The molecule has 695 valence electrons. The largest absolute Gasteiger partial charge is 0.439 e. The molecule has 0 saturated carbocycles. The first-order valence-corrected chi connectivity index (χ1v) is 152. The Balaban J connectivity index is 19.1. The molecule has 0 aromatic rings. The van der Waals surface area contributed by atoms with Crippen LogP contribution >= 0.6 is 0 Å². The zero-order valence-corrected chi connectivity index (χ0v) is 125. The highest BCUT2D eigenvalue weighted by Crippen LogP contribution is 2.62. The Labute approximate surface area is 846 Å². The van der Waals surface area contributed by atoms with Crippen molar-refractivity contribution in [3.63, 3.8) is 0 Å². The fourth-order valence-corrected chi connectivity index (χ4v) is 894. The van der Waals surface area contributed by atoms with E-state index in [0.29, 0.717) is 39.8 Å². The average molecular weight is 2850 g/mol. The third kappa shape index (κ3) is 26.2. The molecule has 0 fully saturated rings. The van der Waals surface area contributed by atoms with Gasteiger partial charge in [0.25, 0.3) is 110 Å². The Morgan fingerprint density at radius 2 is 0.419 bits per heavy atom. The summed E-state index contributed by atoms with van der Waals surface area (Å²) in [6, 6.07) is 0. The summed E-state index contributed by atoms with van der Waals surface area (Å²) in [6.07, 6.45) is 0. The van der Waals surface area contributed by atoms with E-state index in [9.17, 15) is 187 Å². The van der Waals surface area contributed by atoms with Crippen LogP contribution < -0.4 is 0 Å². The second-order valence-electron chi connectivity index (χ2n) is 23.0. The van der Waals surface area contributed by atoms with Crippen molar-refractivity contribution in [3.05, 3.63) is 0 Å². The van der Waals surface area contributed by atoms with Gasteiger partial charge in [-0.1, -0.05) is 0 Å². The van der Waals surface area contributed by atoms with Crippen LogP contribution in [0.3, 0.4) is 0 Å². The molecule has 0 aliphatic rings. The molecule has 3 atom stereocenters. The summed E-state index contributed by atoms with van der Waals surface area (Å²) >= 11 is 0. The molecule has 123 heteroatoms. The minimum Gasteiger partial charge on any atom is -0.439 e. The maximum atomic E-state index is 17.0. The van der Waals surface area contributed by atoms with E-state index in [-0.39, 0.29) is 0 Å². The van der Waals surface area contributed by atoms with Crippen LogP contribution in [0.15, 0.2) is 0 Å². The lowest BCUT2D eigenvalue weighted by atomic mass is 11.8. The van der Waals surface area contributed by atoms with Crippen molar-refractivity contribution < 1.29 is 278 Å². The fourth-order valence-electron chi connectivity index (χ4n) is 11.5. The smallest absolute Gasteiger partial charge is 0.420 e. The van der Waals surface area contributed by atoms with E-state index in [1.807, 2.05) is 0 Å². The first kappa shape index (κ1) is 140. The zero-order valence-electron chi connectivity index (χ0n) is 63.4. The standard InChI is InChI=1S/C6H57O61Si62/c1-47-117(68,90-28)114(52-73-11,108(3,4)46)67-127(128(122(99-37,100-38)57-78-16,123(101-39,102-40)58-79-17)64-112(86-24,87-25)50-71-9,129(124(103-41,104-42)59-80-18,125(105-43,106-44)60-81-19)65-113(88-26,89-27)51-72-10)116(61-109(5,6)107(2)45,126(120(95-33,96-34)55-76-14,121(97-35,98-36)56-77-15)63-111(84-22,85-23)49-70-8)66-115(118(91-29,92-30)53-74-12,119(93-31,94-32)54-75-13)62-110(82-20,83-21)48-69-7/h7-44,46H,1-6H3. The molecule has 79 radical (unpaired) electrons. The quantitative estimate of drug-likeness (QED) is 0.0251. The predicted molar refractivity (Wildman–Crippen MR) is 502 cm³/mol. The second-order valence-corrected chi connectivity index (χ2v) is 287. The van der Waals surface area contributed by atoms with Gasteiger partial charge in [0.15, 0.2) is 0 Å². The van der Waals surface area contributed by atoms with Crippen molar-refractivity contribution in [2.45, 2.75) is 32.7 Å². The molecular weight excluding hydrogens is 2790 g/mol. The zero-order chi connectivity index (χ0) is 100. The second kappa shape index (κ2) is 62.9. The average Bonchev–Trinajstić information content (AvgIpc) is 0.612. The Bertz CT molecular complexity index is 2890. The highest BCUT2D eigenvalue weighted by atomic mass is 30.6. The SMILES string of the molecule is CO[Si]([Si])([Si]O)[Si](O[Si]O)(O[Si]([Si](O[Si](C)(C)[Si](C)=O)(O[Si](O[Si](O[Si]O)([Si]O)[Si]O)([Si](O[Si]O)([Si]O)[Si]O)[Si](O[Si]O)([Si]O)[Si]O)[Si](O[Si](O[Si]O)([Si]O)[Si]O)([Si](O[Si]O)([Si]O)[Si]O)[Si](O[Si]O)([Si]O)[Si]O)([Si](O[Si](O[Si]O)([Si]O)[Si]O)([Si](O[Si]O)([Si]O)[Si]O)[Si](O[Si]O)([Si]O)[Si]O)[Si](O[Si](O[Si]O)([Si]O)[Si]O)([Si](O[Si]O)([Si]O)[Si]O)[Si](O[Si]O)([Si]O)[Si]O)[Si](C)(C)O. The fraction of sp³-hybridized carbons (Fsp3) is 1.00. The normalized spacial score (nSPS) is 16.0. The molecule has 0 rings (SSSR count). The van der Waals surface area contributed by atoms with Gasteiger partial charge in [0, 0.05) is 7.11 Å². The van der Waals surface area contributed by atoms with Gasteiger partial charge >= 0.3 is 183 Å². The molecule has 129 heavy (non-hydrogen) atoms. The molecule has 0 spiro atoms. The van der Waals surface area contributed by atoms with Crippen molar-refractivity contribution in [1.82, 2.24) is 0 Å². The molecule has 0 aliphatic heterocycles. The maximum absolute atomic E-state index is 17.0. The van der Waals surface area contributed by atoms with Gasteiger partial charge in [0.05, 0.1) is 9.76 Å². The van der Waals surface area contributed by atoms with E-state index in [0.717, 1.165) is 0 Å².